The molecular formula is C21H26F2N6O4. The predicted octanol–water partition coefficient (Wildman–Crippen LogP) is 0.431. The molecule has 1 saturated heterocycles. The third kappa shape index (κ3) is 4.90. The maximum Gasteiger partial charge on any atom is 0.239 e. The molecule has 2 unspecified atom stereocenters. The summed E-state index contributed by atoms with van der Waals surface area (Å²) in [7, 11) is 1.51. The van der Waals surface area contributed by atoms with Gasteiger partial charge in [0, 0.05) is 51.6 Å². The molecule has 3 aliphatic heterocycles. The number of carbonyl (C=O) groups is 2. The zero-order chi connectivity index (χ0) is 23.5. The summed E-state index contributed by atoms with van der Waals surface area (Å²) in [5.74, 6) is -1.81. The maximum atomic E-state index is 14.7. The van der Waals surface area contributed by atoms with Crippen molar-refractivity contribution >= 4 is 29.6 Å². The fourth-order valence-corrected chi connectivity index (χ4v) is 4.02. The summed E-state index contributed by atoms with van der Waals surface area (Å²) in [6.45, 7) is 3.48. The summed E-state index contributed by atoms with van der Waals surface area (Å²) in [5.41, 5.74) is -0.111. The van der Waals surface area contributed by atoms with Gasteiger partial charge in [-0.2, -0.15) is 5.10 Å². The largest absolute Gasteiger partial charge is 0.491 e. The van der Waals surface area contributed by atoms with Gasteiger partial charge in [-0.15, -0.1) is 0 Å². The summed E-state index contributed by atoms with van der Waals surface area (Å²) in [6, 6.07) is 2.32. The third-order valence-corrected chi connectivity index (χ3v) is 5.62. The Morgan fingerprint density at radius 2 is 1.82 bits per heavy atom. The van der Waals surface area contributed by atoms with Crippen LogP contribution in [0.2, 0.25) is 0 Å². The van der Waals surface area contributed by atoms with Crippen molar-refractivity contribution in [3.8, 4) is 5.75 Å². The topological polar surface area (TPSA) is 99.1 Å². The van der Waals surface area contributed by atoms with E-state index >= 15 is 0 Å². The number of hydrogen-bond donors (Lipinski definition) is 1. The van der Waals surface area contributed by atoms with E-state index in [1.54, 1.807) is 4.90 Å². The van der Waals surface area contributed by atoms with E-state index in [9.17, 15) is 18.4 Å². The Balaban J connectivity index is 1.42. The second kappa shape index (κ2) is 9.69. The number of benzene rings is 1. The van der Waals surface area contributed by atoms with Crippen molar-refractivity contribution in [3.05, 3.63) is 23.8 Å². The van der Waals surface area contributed by atoms with Gasteiger partial charge in [0.25, 0.3) is 0 Å². The number of ketones is 1. The standard InChI is InChI=1S/C21H26F2N6O4/c1-13(30)12-29-19-15(11-24-29)20(31)26-21(25-19)28-5-3-27(4-6-28)18-16(22)9-14(10-17(18)23)33-8-7-32-2/h9-11,15,19H,3-8,12H2,1-2H3,(H,25,26,31). The van der Waals surface area contributed by atoms with Crippen molar-refractivity contribution in [1.82, 2.24) is 15.2 Å². The van der Waals surface area contributed by atoms with Crippen LogP contribution < -0.4 is 15.0 Å². The van der Waals surface area contributed by atoms with Gasteiger partial charge in [0.2, 0.25) is 11.9 Å². The Bertz CT molecular complexity index is 956. The quantitative estimate of drug-likeness (QED) is 0.585. The number of Topliss-reactive ketones (excluding diaryl/α,β-unsaturated/α-hetero) is 1. The van der Waals surface area contributed by atoms with Crippen LogP contribution in [0.5, 0.6) is 5.75 Å². The van der Waals surface area contributed by atoms with Crippen LogP contribution in [0.15, 0.2) is 22.2 Å². The summed E-state index contributed by atoms with van der Waals surface area (Å²) < 4.78 is 39.5. The number of guanidine groups is 1. The Hall–Kier alpha value is -3.28. The lowest BCUT2D eigenvalue weighted by Gasteiger charge is -2.39. The predicted molar refractivity (Wildman–Crippen MR) is 116 cm³/mol. The maximum absolute atomic E-state index is 14.7. The molecule has 1 N–H and O–H groups in total. The van der Waals surface area contributed by atoms with Gasteiger partial charge < -0.3 is 19.3 Å². The average Bonchev–Trinajstić information content (AvgIpc) is 3.16. The Labute approximate surface area is 189 Å². The highest BCUT2D eigenvalue weighted by atomic mass is 19.1. The second-order valence-electron chi connectivity index (χ2n) is 8.00. The minimum Gasteiger partial charge on any atom is -0.491 e. The number of hydrogen-bond acceptors (Lipinski definition) is 9. The van der Waals surface area contributed by atoms with Gasteiger partial charge in [-0.1, -0.05) is 0 Å². The number of methoxy groups -OCH3 is 1. The van der Waals surface area contributed by atoms with Gasteiger partial charge in [0.05, 0.1) is 13.2 Å². The fraction of sp³-hybridized carbons (Fsp3) is 0.524. The molecule has 0 radical (unpaired) electrons. The lowest BCUT2D eigenvalue weighted by Crippen LogP contribution is -2.58. The van der Waals surface area contributed by atoms with E-state index in [0.717, 1.165) is 12.1 Å². The van der Waals surface area contributed by atoms with Gasteiger partial charge in [-0.25, -0.2) is 13.8 Å². The van der Waals surface area contributed by atoms with E-state index in [2.05, 4.69) is 15.4 Å². The molecular weight excluding hydrogens is 438 g/mol. The Morgan fingerprint density at radius 3 is 2.45 bits per heavy atom. The van der Waals surface area contributed by atoms with Crippen molar-refractivity contribution < 1.29 is 27.8 Å². The molecule has 1 fully saturated rings. The first-order valence-corrected chi connectivity index (χ1v) is 10.7. The van der Waals surface area contributed by atoms with Gasteiger partial charge in [-0.05, 0) is 6.92 Å². The zero-order valence-electron chi connectivity index (χ0n) is 18.5. The molecule has 0 saturated carbocycles. The first kappa shape index (κ1) is 22.9. The number of halogens is 2. The molecule has 3 heterocycles. The molecule has 1 amide bonds. The van der Waals surface area contributed by atoms with Gasteiger partial charge in [-0.3, -0.25) is 19.9 Å². The number of nitrogens with zero attached hydrogens (tertiary/aromatic N) is 5. The number of hydrazone groups is 1. The number of nitrogens with one attached hydrogen (secondary N) is 1. The van der Waals surface area contributed by atoms with Crippen LogP contribution in [0, 0.1) is 17.6 Å². The van der Waals surface area contributed by atoms with Crippen molar-refractivity contribution in [2.75, 3.05) is 57.9 Å². The third-order valence-electron chi connectivity index (χ3n) is 5.62. The van der Waals surface area contributed by atoms with Crippen LogP contribution in [0.25, 0.3) is 0 Å². The van der Waals surface area contributed by atoms with E-state index < -0.39 is 23.7 Å². The van der Waals surface area contributed by atoms with Gasteiger partial charge in [0.1, 0.15) is 24.0 Å². The normalized spacial score (nSPS) is 22.2. The molecule has 4 rings (SSSR count). The first-order chi connectivity index (χ1) is 15.9. The lowest BCUT2D eigenvalue weighted by molar-refractivity contribution is -0.125. The molecule has 178 valence electrons. The molecule has 0 spiro atoms. The summed E-state index contributed by atoms with van der Waals surface area (Å²) >= 11 is 0. The van der Waals surface area contributed by atoms with E-state index in [0.29, 0.717) is 38.7 Å². The summed E-state index contributed by atoms with van der Waals surface area (Å²) in [4.78, 5) is 32.1. The summed E-state index contributed by atoms with van der Waals surface area (Å²) in [5, 5.41) is 8.43. The molecule has 0 bridgehead atoms. The molecule has 1 aromatic rings. The number of anilines is 1. The van der Waals surface area contributed by atoms with Crippen LogP contribution in [0.3, 0.4) is 0 Å². The molecule has 0 aliphatic carbocycles. The molecule has 3 aliphatic rings. The number of ether oxygens (including phenoxy) is 2. The zero-order valence-corrected chi connectivity index (χ0v) is 18.5. The van der Waals surface area contributed by atoms with E-state index in [4.69, 9.17) is 9.47 Å². The highest BCUT2D eigenvalue weighted by molar-refractivity contribution is 6.07. The molecule has 33 heavy (non-hydrogen) atoms. The number of piperazine rings is 1. The van der Waals surface area contributed by atoms with E-state index in [1.807, 2.05) is 4.90 Å². The molecule has 2 atom stereocenters. The Kier molecular flexibility index (Phi) is 6.72. The summed E-state index contributed by atoms with van der Waals surface area (Å²) in [6.07, 6.45) is 0.922. The van der Waals surface area contributed by atoms with Crippen molar-refractivity contribution in [3.63, 3.8) is 0 Å². The van der Waals surface area contributed by atoms with Crippen LogP contribution in [-0.2, 0) is 14.3 Å². The van der Waals surface area contributed by atoms with Crippen LogP contribution in [0.4, 0.5) is 14.5 Å². The lowest BCUT2D eigenvalue weighted by atomic mass is 10.1. The van der Waals surface area contributed by atoms with Crippen LogP contribution in [-0.4, -0.2) is 93.0 Å². The van der Waals surface area contributed by atoms with E-state index in [1.165, 1.54) is 25.3 Å². The minimum atomic E-state index is -0.704. The molecule has 10 nitrogen and oxygen atoms in total. The highest BCUT2D eigenvalue weighted by Crippen LogP contribution is 2.29. The number of rotatable bonds is 7. The van der Waals surface area contributed by atoms with Crippen LogP contribution in [0.1, 0.15) is 6.92 Å². The van der Waals surface area contributed by atoms with Crippen molar-refractivity contribution in [2.45, 2.75) is 13.1 Å². The second-order valence-corrected chi connectivity index (χ2v) is 8.00. The minimum absolute atomic E-state index is 0.0687. The SMILES string of the molecule is COCCOc1cc(F)c(N2CCN(C3=NC4C(C=NN4CC(C)=O)C(=O)N3)CC2)c(F)c1. The first-order valence-electron chi connectivity index (χ1n) is 10.7. The highest BCUT2D eigenvalue weighted by Gasteiger charge is 2.41. The molecule has 12 heteroatoms. The van der Waals surface area contributed by atoms with Gasteiger partial charge >= 0.3 is 0 Å². The van der Waals surface area contributed by atoms with Crippen LogP contribution >= 0.6 is 0 Å². The number of carbonyl (C=O) groups excluding carboxylic acids is 2. The van der Waals surface area contributed by atoms with Crippen molar-refractivity contribution in [1.29, 1.82) is 0 Å². The smallest absolute Gasteiger partial charge is 0.239 e. The monoisotopic (exact) mass is 464 g/mol. The number of amides is 1. The van der Waals surface area contributed by atoms with E-state index in [-0.39, 0.29) is 36.3 Å². The molecule has 0 aromatic heterocycles. The van der Waals surface area contributed by atoms with Gasteiger partial charge in [0.15, 0.2) is 23.6 Å². The van der Waals surface area contributed by atoms with Crippen molar-refractivity contribution in [2.24, 2.45) is 16.0 Å². The Morgan fingerprint density at radius 1 is 1.15 bits per heavy atom. The fourth-order valence-electron chi connectivity index (χ4n) is 4.02. The number of fused-ring (bicyclic) bond motifs is 1. The average molecular weight is 464 g/mol. The number of aliphatic imine (C=N–C) groups is 1. The molecule has 1 aromatic carbocycles.